The van der Waals surface area contributed by atoms with Crippen LogP contribution in [0.25, 0.3) is 5.57 Å². The summed E-state index contributed by atoms with van der Waals surface area (Å²) < 4.78 is 35.2. The highest BCUT2D eigenvalue weighted by molar-refractivity contribution is 7.95. The van der Waals surface area contributed by atoms with E-state index in [9.17, 15) is 8.42 Å². The molecule has 5 heteroatoms. The van der Waals surface area contributed by atoms with Gasteiger partial charge in [-0.2, -0.15) is 0 Å². The molecular weight excluding hydrogens is 300 g/mol. The summed E-state index contributed by atoms with van der Waals surface area (Å²) in [6.07, 6.45) is 0. The van der Waals surface area contributed by atoms with Crippen molar-refractivity contribution < 1.29 is 17.9 Å². The van der Waals surface area contributed by atoms with Crippen LogP contribution < -0.4 is 9.47 Å². The number of hydrogen-bond donors (Lipinski definition) is 0. The van der Waals surface area contributed by atoms with Crippen molar-refractivity contribution in [3.05, 3.63) is 59.0 Å². The van der Waals surface area contributed by atoms with Gasteiger partial charge in [0, 0.05) is 16.5 Å². The van der Waals surface area contributed by atoms with Crippen LogP contribution in [-0.4, -0.2) is 22.1 Å². The van der Waals surface area contributed by atoms with Crippen molar-refractivity contribution in [2.75, 3.05) is 13.7 Å². The van der Waals surface area contributed by atoms with E-state index in [1.165, 1.54) is 5.41 Å². The molecule has 2 aromatic rings. The van der Waals surface area contributed by atoms with Gasteiger partial charge < -0.3 is 9.47 Å². The second-order valence-electron chi connectivity index (χ2n) is 5.10. The highest BCUT2D eigenvalue weighted by atomic mass is 32.2. The minimum Gasteiger partial charge on any atom is -0.497 e. The summed E-state index contributed by atoms with van der Waals surface area (Å²) in [5, 5.41) is 1.30. The number of fused-ring (bicyclic) bond motifs is 1. The lowest BCUT2D eigenvalue weighted by Gasteiger charge is -2.09. The average Bonchev–Trinajstić information content (AvgIpc) is 2.78. The third kappa shape index (κ3) is 2.60. The normalized spacial score (nSPS) is 15.1. The summed E-state index contributed by atoms with van der Waals surface area (Å²) in [4.78, 5) is 0.392. The van der Waals surface area contributed by atoms with Gasteiger partial charge >= 0.3 is 0 Å². The molecule has 114 valence electrons. The van der Waals surface area contributed by atoms with Crippen LogP contribution >= 0.6 is 0 Å². The summed E-state index contributed by atoms with van der Waals surface area (Å²) in [7, 11) is -1.76. The lowest BCUT2D eigenvalue weighted by molar-refractivity contribution is 0.367. The zero-order valence-corrected chi connectivity index (χ0v) is 13.2. The first kappa shape index (κ1) is 14.7. The summed E-state index contributed by atoms with van der Waals surface area (Å²) >= 11 is 0. The number of sulfone groups is 1. The van der Waals surface area contributed by atoms with E-state index < -0.39 is 9.84 Å². The minimum absolute atomic E-state index is 0.210. The fraction of sp³-hybridized carbons (Fsp3) is 0.176. The van der Waals surface area contributed by atoms with Gasteiger partial charge in [-0.05, 0) is 36.8 Å². The SMILES string of the molecule is COc1ccc(OCC2=CS(=O)(=O)c3c(C)cccc32)cc1. The maximum Gasteiger partial charge on any atom is 0.201 e. The van der Waals surface area contributed by atoms with Gasteiger partial charge in [-0.1, -0.05) is 18.2 Å². The van der Waals surface area contributed by atoms with Crippen LogP contribution in [0.15, 0.2) is 52.8 Å². The number of hydrogen-bond acceptors (Lipinski definition) is 4. The molecule has 0 amide bonds. The Hall–Kier alpha value is -2.27. The fourth-order valence-corrected chi connectivity index (χ4v) is 4.25. The lowest BCUT2D eigenvalue weighted by atomic mass is 10.1. The molecule has 0 aromatic heterocycles. The Morgan fingerprint density at radius 1 is 1.00 bits per heavy atom. The van der Waals surface area contributed by atoms with E-state index in [0.29, 0.717) is 16.2 Å². The fourth-order valence-electron chi connectivity index (χ4n) is 2.54. The van der Waals surface area contributed by atoms with Crippen LogP contribution in [0, 0.1) is 6.92 Å². The zero-order valence-electron chi connectivity index (χ0n) is 12.4. The highest BCUT2D eigenvalue weighted by Gasteiger charge is 2.28. The number of methoxy groups -OCH3 is 1. The van der Waals surface area contributed by atoms with Gasteiger partial charge in [0.1, 0.15) is 18.1 Å². The number of benzene rings is 2. The first-order valence-corrected chi connectivity index (χ1v) is 8.38. The molecule has 0 saturated heterocycles. The maximum absolute atomic E-state index is 12.2. The summed E-state index contributed by atoms with van der Waals surface area (Å²) in [5.41, 5.74) is 2.16. The molecule has 0 aliphatic carbocycles. The quantitative estimate of drug-likeness (QED) is 0.869. The molecule has 0 N–H and O–H groups in total. The largest absolute Gasteiger partial charge is 0.497 e. The second-order valence-corrected chi connectivity index (χ2v) is 6.84. The van der Waals surface area contributed by atoms with Gasteiger partial charge in [-0.25, -0.2) is 8.42 Å². The van der Waals surface area contributed by atoms with Crippen LogP contribution in [0.4, 0.5) is 0 Å². The Balaban J connectivity index is 1.84. The smallest absolute Gasteiger partial charge is 0.201 e. The van der Waals surface area contributed by atoms with E-state index >= 15 is 0 Å². The van der Waals surface area contributed by atoms with Gasteiger partial charge in [-0.15, -0.1) is 0 Å². The lowest BCUT2D eigenvalue weighted by Crippen LogP contribution is -2.00. The van der Waals surface area contributed by atoms with Crippen LogP contribution in [0.5, 0.6) is 11.5 Å². The topological polar surface area (TPSA) is 52.6 Å². The van der Waals surface area contributed by atoms with Crippen LogP contribution in [0.1, 0.15) is 11.1 Å². The maximum atomic E-state index is 12.2. The Kier molecular flexibility index (Phi) is 3.66. The van der Waals surface area contributed by atoms with Gasteiger partial charge in [0.15, 0.2) is 0 Å². The molecule has 1 aliphatic rings. The summed E-state index contributed by atoms with van der Waals surface area (Å²) in [6.45, 7) is 2.01. The molecule has 4 nitrogen and oxygen atoms in total. The predicted octanol–water partition coefficient (Wildman–Crippen LogP) is 3.21. The standard InChI is InChI=1S/C17H16O4S/c1-12-4-3-5-16-13(11-22(18,19)17(12)16)10-21-15-8-6-14(20-2)7-9-15/h3-9,11H,10H2,1-2H3. The predicted molar refractivity (Wildman–Crippen MR) is 84.8 cm³/mol. The van der Waals surface area contributed by atoms with Crippen molar-refractivity contribution in [2.45, 2.75) is 11.8 Å². The van der Waals surface area contributed by atoms with Crippen molar-refractivity contribution in [1.29, 1.82) is 0 Å². The van der Waals surface area contributed by atoms with Crippen LogP contribution in [0.2, 0.25) is 0 Å². The number of rotatable bonds is 4. The first-order valence-electron chi connectivity index (χ1n) is 6.84. The Morgan fingerprint density at radius 2 is 1.68 bits per heavy atom. The molecule has 2 aromatic carbocycles. The van der Waals surface area contributed by atoms with Crippen LogP contribution in [-0.2, 0) is 9.84 Å². The molecule has 1 aliphatic heterocycles. The molecule has 0 unspecified atom stereocenters. The molecular formula is C17H16O4S. The first-order chi connectivity index (χ1) is 10.5. The molecule has 3 rings (SSSR count). The van der Waals surface area contributed by atoms with E-state index in [-0.39, 0.29) is 6.61 Å². The molecule has 0 saturated carbocycles. The highest BCUT2D eigenvalue weighted by Crippen LogP contribution is 2.35. The Labute approximate surface area is 129 Å². The Bertz CT molecular complexity index is 833. The summed E-state index contributed by atoms with van der Waals surface area (Å²) in [5.74, 6) is 1.41. The van der Waals surface area contributed by atoms with Crippen molar-refractivity contribution in [3.8, 4) is 11.5 Å². The van der Waals surface area contributed by atoms with Crippen molar-refractivity contribution in [3.63, 3.8) is 0 Å². The van der Waals surface area contributed by atoms with Gasteiger partial charge in [-0.3, -0.25) is 0 Å². The second kappa shape index (κ2) is 5.50. The minimum atomic E-state index is -3.36. The number of aryl methyl sites for hydroxylation is 1. The van der Waals surface area contributed by atoms with E-state index in [0.717, 1.165) is 16.9 Å². The monoisotopic (exact) mass is 316 g/mol. The van der Waals surface area contributed by atoms with Crippen molar-refractivity contribution >= 4 is 15.4 Å². The van der Waals surface area contributed by atoms with E-state index in [4.69, 9.17) is 9.47 Å². The van der Waals surface area contributed by atoms with Crippen molar-refractivity contribution in [2.24, 2.45) is 0 Å². The van der Waals surface area contributed by atoms with E-state index in [2.05, 4.69) is 0 Å². The molecule has 0 bridgehead atoms. The molecule has 0 spiro atoms. The van der Waals surface area contributed by atoms with E-state index in [1.807, 2.05) is 12.1 Å². The molecule has 1 heterocycles. The molecule has 0 radical (unpaired) electrons. The number of ether oxygens (including phenoxy) is 2. The van der Waals surface area contributed by atoms with Crippen LogP contribution in [0.3, 0.4) is 0 Å². The molecule has 0 fully saturated rings. The van der Waals surface area contributed by atoms with Gasteiger partial charge in [0.05, 0.1) is 12.0 Å². The molecule has 0 atom stereocenters. The van der Waals surface area contributed by atoms with E-state index in [1.54, 1.807) is 44.4 Å². The average molecular weight is 316 g/mol. The van der Waals surface area contributed by atoms with Gasteiger partial charge in [0.25, 0.3) is 0 Å². The Morgan fingerprint density at radius 3 is 2.36 bits per heavy atom. The van der Waals surface area contributed by atoms with Gasteiger partial charge in [0.2, 0.25) is 9.84 Å². The third-order valence-electron chi connectivity index (χ3n) is 3.59. The summed E-state index contributed by atoms with van der Waals surface area (Å²) in [6, 6.07) is 12.7. The third-order valence-corrected chi connectivity index (χ3v) is 5.30. The van der Waals surface area contributed by atoms with Crippen molar-refractivity contribution in [1.82, 2.24) is 0 Å². The zero-order chi connectivity index (χ0) is 15.7. The molecule has 22 heavy (non-hydrogen) atoms.